The van der Waals surface area contributed by atoms with Crippen LogP contribution in [0.5, 0.6) is 5.75 Å². The molecule has 0 saturated carbocycles. The standard InChI is InChI=1S/C30H22BrClF3N3O5/c1-12-9-21(40)18-11-16-14(23(25(18)26(12)41)17-10-13(31)3-7-20(17)39)4-5-15-24(16)29(43)38(28(15)42)37(2)27-19(32)6-8-22(36-27)30(33,34)35/h3-4,6-10,15-16,23-24,39H,5,11H2,1-2H3. The fourth-order valence-corrected chi connectivity index (χ4v) is 7.27. The van der Waals surface area contributed by atoms with Gasteiger partial charge in [-0.05, 0) is 62.1 Å². The van der Waals surface area contributed by atoms with E-state index in [1.807, 2.05) is 0 Å². The number of carbonyl (C=O) groups excluding carboxylic acids is 4. The summed E-state index contributed by atoms with van der Waals surface area (Å²) >= 11 is 9.57. The number of benzene rings is 1. The molecule has 1 N–H and O–H groups in total. The van der Waals surface area contributed by atoms with E-state index in [4.69, 9.17) is 11.6 Å². The number of phenolic OH excluding ortho intramolecular Hbond substituents is 1. The maximum Gasteiger partial charge on any atom is 0.433 e. The van der Waals surface area contributed by atoms with Crippen LogP contribution < -0.4 is 5.01 Å². The molecular weight excluding hydrogens is 655 g/mol. The molecule has 0 radical (unpaired) electrons. The van der Waals surface area contributed by atoms with Crippen molar-refractivity contribution in [2.24, 2.45) is 17.8 Å². The number of alkyl halides is 3. The van der Waals surface area contributed by atoms with Gasteiger partial charge in [0.25, 0.3) is 11.8 Å². The molecular formula is C30H22BrClF3N3O5. The van der Waals surface area contributed by atoms with Crippen LogP contribution in [0.3, 0.4) is 0 Å². The van der Waals surface area contributed by atoms with E-state index in [9.17, 15) is 37.5 Å². The smallest absolute Gasteiger partial charge is 0.433 e. The van der Waals surface area contributed by atoms with E-state index >= 15 is 0 Å². The van der Waals surface area contributed by atoms with Crippen molar-refractivity contribution in [1.29, 1.82) is 0 Å². The number of fused-ring (bicyclic) bond motifs is 3. The minimum absolute atomic E-state index is 0.00108. The van der Waals surface area contributed by atoms with Gasteiger partial charge < -0.3 is 5.11 Å². The Morgan fingerprint density at radius 1 is 1.09 bits per heavy atom. The summed E-state index contributed by atoms with van der Waals surface area (Å²) in [5, 5.41) is 12.4. The number of anilines is 1. The van der Waals surface area contributed by atoms with Gasteiger partial charge in [-0.25, -0.2) is 4.98 Å². The summed E-state index contributed by atoms with van der Waals surface area (Å²) in [6.07, 6.45) is -1.67. The summed E-state index contributed by atoms with van der Waals surface area (Å²) in [5.74, 6) is -6.04. The van der Waals surface area contributed by atoms with E-state index in [0.29, 0.717) is 21.7 Å². The van der Waals surface area contributed by atoms with Crippen LogP contribution in [0.25, 0.3) is 0 Å². The zero-order chi connectivity index (χ0) is 31.1. The number of hydrogen-bond donors (Lipinski definition) is 1. The quantitative estimate of drug-likeness (QED) is 0.253. The lowest BCUT2D eigenvalue weighted by molar-refractivity contribution is -0.141. The molecule has 4 atom stereocenters. The first-order valence-corrected chi connectivity index (χ1v) is 14.4. The SMILES string of the molecule is CC1=CC(=O)C2=C(C1=O)C(c1cc(Br)ccc1O)C1=CCC3C(=O)N(N(C)c4nc(C(F)(F)F)ccc4Cl)C(=O)C3C1C2. The molecule has 8 nitrogen and oxygen atoms in total. The van der Waals surface area contributed by atoms with E-state index < -0.39 is 59.0 Å². The molecule has 1 saturated heterocycles. The van der Waals surface area contributed by atoms with E-state index in [0.717, 1.165) is 16.1 Å². The second-order valence-corrected chi connectivity index (χ2v) is 12.3. The Kier molecular flexibility index (Phi) is 6.92. The number of phenols is 1. The van der Waals surface area contributed by atoms with Crippen molar-refractivity contribution in [3.63, 3.8) is 0 Å². The summed E-state index contributed by atoms with van der Waals surface area (Å²) in [6, 6.07) is 6.42. The molecule has 4 aliphatic rings. The molecule has 0 bridgehead atoms. The number of nitrogens with zero attached hydrogens (tertiary/aromatic N) is 3. The topological polar surface area (TPSA) is 108 Å². The molecule has 222 valence electrons. The van der Waals surface area contributed by atoms with Crippen LogP contribution in [0, 0.1) is 17.8 Å². The van der Waals surface area contributed by atoms with Crippen LogP contribution >= 0.6 is 27.5 Å². The van der Waals surface area contributed by atoms with Crippen LogP contribution in [0.4, 0.5) is 19.0 Å². The summed E-state index contributed by atoms with van der Waals surface area (Å²) in [7, 11) is 1.23. The number of amides is 2. The lowest BCUT2D eigenvalue weighted by Crippen LogP contribution is -2.46. The summed E-state index contributed by atoms with van der Waals surface area (Å²) in [6.45, 7) is 1.54. The van der Waals surface area contributed by atoms with Crippen molar-refractivity contribution in [3.8, 4) is 5.75 Å². The zero-order valence-electron chi connectivity index (χ0n) is 22.6. The summed E-state index contributed by atoms with van der Waals surface area (Å²) in [4.78, 5) is 58.1. The number of aromatic nitrogens is 1. The average molecular weight is 677 g/mol. The maximum atomic E-state index is 14.0. The second-order valence-electron chi connectivity index (χ2n) is 10.9. The summed E-state index contributed by atoms with van der Waals surface area (Å²) in [5.41, 5.74) is 0.415. The molecule has 4 unspecified atom stereocenters. The number of halogens is 5. The molecule has 0 spiro atoms. The molecule has 3 aliphatic carbocycles. The molecule has 43 heavy (non-hydrogen) atoms. The Hall–Kier alpha value is -3.77. The highest BCUT2D eigenvalue weighted by Gasteiger charge is 2.58. The van der Waals surface area contributed by atoms with Crippen molar-refractivity contribution in [3.05, 3.63) is 85.5 Å². The van der Waals surface area contributed by atoms with E-state index in [1.54, 1.807) is 25.1 Å². The fourth-order valence-electron chi connectivity index (χ4n) is 6.66. The van der Waals surface area contributed by atoms with E-state index in [2.05, 4.69) is 20.9 Å². The fraction of sp³-hybridized carbons (Fsp3) is 0.300. The van der Waals surface area contributed by atoms with Crippen LogP contribution in [-0.2, 0) is 25.4 Å². The van der Waals surface area contributed by atoms with Crippen molar-refractivity contribution >= 4 is 56.7 Å². The summed E-state index contributed by atoms with van der Waals surface area (Å²) < 4.78 is 40.8. The number of hydrogen-bond acceptors (Lipinski definition) is 7. The molecule has 2 aromatic rings. The third kappa shape index (κ3) is 4.53. The van der Waals surface area contributed by atoms with Gasteiger partial charge in [0.05, 0.1) is 16.9 Å². The van der Waals surface area contributed by atoms with Crippen LogP contribution in [0.1, 0.15) is 36.9 Å². The monoisotopic (exact) mass is 675 g/mol. The van der Waals surface area contributed by atoms with E-state index in [1.165, 1.54) is 19.2 Å². The van der Waals surface area contributed by atoms with Crippen LogP contribution in [-0.4, -0.2) is 45.5 Å². The predicted molar refractivity (Wildman–Crippen MR) is 152 cm³/mol. The van der Waals surface area contributed by atoms with Crippen molar-refractivity contribution in [1.82, 2.24) is 9.99 Å². The Labute approximate surface area is 256 Å². The number of rotatable bonds is 3. The molecule has 1 aromatic heterocycles. The van der Waals surface area contributed by atoms with Gasteiger partial charge in [0.15, 0.2) is 17.4 Å². The van der Waals surface area contributed by atoms with Gasteiger partial charge in [-0.1, -0.05) is 39.2 Å². The number of aromatic hydroxyl groups is 1. The average Bonchev–Trinajstić information content (AvgIpc) is 3.20. The number of imide groups is 1. The Morgan fingerprint density at radius 2 is 1.81 bits per heavy atom. The normalized spacial score (nSPS) is 25.3. The Bertz CT molecular complexity index is 1750. The minimum Gasteiger partial charge on any atom is -0.508 e. The van der Waals surface area contributed by atoms with Gasteiger partial charge in [0.2, 0.25) is 0 Å². The number of Topliss-reactive ketones (excluding diaryl/α,β-unsaturated/α-hetero) is 1. The minimum atomic E-state index is -4.79. The Morgan fingerprint density at radius 3 is 2.51 bits per heavy atom. The van der Waals surface area contributed by atoms with Crippen molar-refractivity contribution in [2.75, 3.05) is 12.1 Å². The third-order valence-corrected chi connectivity index (χ3v) is 9.35. The van der Waals surface area contributed by atoms with Gasteiger partial charge in [0, 0.05) is 39.7 Å². The number of ketones is 2. The zero-order valence-corrected chi connectivity index (χ0v) is 24.9. The van der Waals surface area contributed by atoms with Gasteiger partial charge in [-0.2, -0.15) is 18.2 Å². The maximum absolute atomic E-state index is 14.0. The van der Waals surface area contributed by atoms with Gasteiger partial charge in [-0.3, -0.25) is 24.2 Å². The molecule has 1 aromatic carbocycles. The number of hydrazine groups is 1. The second kappa shape index (κ2) is 10.2. The largest absolute Gasteiger partial charge is 0.508 e. The van der Waals surface area contributed by atoms with Crippen molar-refractivity contribution in [2.45, 2.75) is 31.9 Å². The first-order chi connectivity index (χ1) is 20.2. The third-order valence-electron chi connectivity index (χ3n) is 8.57. The first-order valence-electron chi connectivity index (χ1n) is 13.2. The van der Waals surface area contributed by atoms with Gasteiger partial charge >= 0.3 is 6.18 Å². The van der Waals surface area contributed by atoms with Crippen LogP contribution in [0.15, 0.2) is 69.2 Å². The molecule has 2 heterocycles. The van der Waals surface area contributed by atoms with Gasteiger partial charge in [-0.15, -0.1) is 0 Å². The lowest BCUT2D eigenvalue weighted by Gasteiger charge is -2.42. The van der Waals surface area contributed by atoms with Crippen molar-refractivity contribution < 1.29 is 37.5 Å². The number of pyridine rings is 1. The molecule has 1 aliphatic heterocycles. The van der Waals surface area contributed by atoms with E-state index in [-0.39, 0.29) is 46.1 Å². The molecule has 6 rings (SSSR count). The highest BCUT2D eigenvalue weighted by molar-refractivity contribution is 9.10. The first kappa shape index (κ1) is 29.3. The molecule has 2 amide bonds. The van der Waals surface area contributed by atoms with Crippen LogP contribution in [0.2, 0.25) is 5.02 Å². The highest BCUT2D eigenvalue weighted by Crippen LogP contribution is 2.56. The Balaban J connectivity index is 1.45. The number of carbonyl (C=O) groups is 4. The van der Waals surface area contributed by atoms with Gasteiger partial charge in [0.1, 0.15) is 11.4 Å². The molecule has 13 heteroatoms. The predicted octanol–water partition coefficient (Wildman–Crippen LogP) is 5.70. The highest BCUT2D eigenvalue weighted by atomic mass is 79.9. The molecule has 1 fully saturated rings. The lowest BCUT2D eigenvalue weighted by atomic mass is 9.59. The number of allylic oxidation sites excluding steroid dienone is 6.